The molecule has 0 aliphatic carbocycles. The fourth-order valence-corrected chi connectivity index (χ4v) is 3.33. The molecule has 0 saturated carbocycles. The minimum atomic E-state index is -0.359. The Kier molecular flexibility index (Phi) is 4.54. The highest BCUT2D eigenvalue weighted by Gasteiger charge is 2.39. The van der Waals surface area contributed by atoms with Crippen LogP contribution >= 0.6 is 11.8 Å². The molecular weight excluding hydrogens is 274 g/mol. The van der Waals surface area contributed by atoms with Crippen LogP contribution < -0.4 is 5.73 Å². The second-order valence-corrected chi connectivity index (χ2v) is 6.03. The van der Waals surface area contributed by atoms with Crippen molar-refractivity contribution in [1.29, 1.82) is 0 Å². The van der Waals surface area contributed by atoms with Gasteiger partial charge in [0, 0.05) is 18.7 Å². The van der Waals surface area contributed by atoms with E-state index in [4.69, 9.17) is 10.9 Å². The van der Waals surface area contributed by atoms with Crippen molar-refractivity contribution in [2.75, 3.05) is 19.3 Å². The Hall–Kier alpha value is -1.69. The third-order valence-electron chi connectivity index (χ3n) is 3.84. The van der Waals surface area contributed by atoms with Gasteiger partial charge in [0.15, 0.2) is 5.84 Å². The molecule has 1 saturated heterocycles. The first kappa shape index (κ1) is 14.7. The van der Waals surface area contributed by atoms with E-state index >= 15 is 0 Å². The Bertz CT molecular complexity index is 496. The van der Waals surface area contributed by atoms with Crippen LogP contribution in [0.15, 0.2) is 35.5 Å². The summed E-state index contributed by atoms with van der Waals surface area (Å²) < 4.78 is -0.359. The fraction of sp³-hybridized carbons (Fsp3) is 0.429. The maximum atomic E-state index is 12.3. The third kappa shape index (κ3) is 2.75. The van der Waals surface area contributed by atoms with Crippen molar-refractivity contribution in [3.63, 3.8) is 0 Å². The van der Waals surface area contributed by atoms with Gasteiger partial charge in [0.2, 0.25) is 0 Å². The van der Waals surface area contributed by atoms with Crippen LogP contribution in [-0.2, 0) is 0 Å². The average molecular weight is 293 g/mol. The second-order valence-electron chi connectivity index (χ2n) is 4.84. The van der Waals surface area contributed by atoms with Gasteiger partial charge in [0.1, 0.15) is 0 Å². The summed E-state index contributed by atoms with van der Waals surface area (Å²) in [4.78, 5) is 14.2. The number of nitrogens with two attached hydrogens (primary N) is 1. The van der Waals surface area contributed by atoms with Crippen LogP contribution in [0.4, 0.5) is 0 Å². The fourth-order valence-electron chi connectivity index (χ4n) is 2.49. The lowest BCUT2D eigenvalue weighted by Gasteiger charge is -2.39. The maximum absolute atomic E-state index is 12.3. The maximum Gasteiger partial charge on any atom is 0.253 e. The Morgan fingerprint density at radius 1 is 1.35 bits per heavy atom. The molecular formula is C14H19N3O2S. The predicted molar refractivity (Wildman–Crippen MR) is 81.2 cm³/mol. The van der Waals surface area contributed by atoms with Gasteiger partial charge in [0.05, 0.1) is 4.75 Å². The number of thioether (sulfide) groups is 1. The lowest BCUT2D eigenvalue weighted by atomic mass is 9.94. The van der Waals surface area contributed by atoms with Crippen LogP contribution in [0.5, 0.6) is 0 Å². The van der Waals surface area contributed by atoms with Gasteiger partial charge in [-0.3, -0.25) is 4.79 Å². The van der Waals surface area contributed by atoms with E-state index in [9.17, 15) is 4.79 Å². The number of benzene rings is 1. The van der Waals surface area contributed by atoms with Crippen molar-refractivity contribution in [1.82, 2.24) is 4.90 Å². The van der Waals surface area contributed by atoms with E-state index in [1.165, 1.54) is 0 Å². The Morgan fingerprint density at radius 3 is 2.45 bits per heavy atom. The van der Waals surface area contributed by atoms with E-state index in [0.717, 1.165) is 0 Å². The van der Waals surface area contributed by atoms with E-state index in [1.807, 2.05) is 41.5 Å². The molecule has 1 fully saturated rings. The number of carbonyl (C=O) groups excluding carboxylic acids is 1. The molecule has 0 unspecified atom stereocenters. The van der Waals surface area contributed by atoms with Gasteiger partial charge in [-0.25, -0.2) is 0 Å². The molecule has 0 spiro atoms. The number of carbonyl (C=O) groups is 1. The largest absolute Gasteiger partial charge is 0.409 e. The van der Waals surface area contributed by atoms with Crippen LogP contribution in [0.25, 0.3) is 0 Å². The predicted octanol–water partition coefficient (Wildman–Crippen LogP) is 1.77. The molecule has 1 aromatic rings. The van der Waals surface area contributed by atoms with Crippen molar-refractivity contribution in [3.05, 3.63) is 35.9 Å². The Morgan fingerprint density at radius 2 is 1.95 bits per heavy atom. The zero-order valence-corrected chi connectivity index (χ0v) is 12.3. The van der Waals surface area contributed by atoms with Crippen LogP contribution in [0, 0.1) is 0 Å². The summed E-state index contributed by atoms with van der Waals surface area (Å²) in [7, 11) is 0. The average Bonchev–Trinajstić information content (AvgIpc) is 2.54. The molecule has 6 heteroatoms. The Labute approximate surface area is 122 Å². The van der Waals surface area contributed by atoms with Gasteiger partial charge >= 0.3 is 0 Å². The molecule has 0 bridgehead atoms. The van der Waals surface area contributed by atoms with Gasteiger partial charge in [-0.1, -0.05) is 23.4 Å². The molecule has 1 aliphatic heterocycles. The number of amides is 1. The minimum absolute atomic E-state index is 0.0415. The number of hydrogen-bond donors (Lipinski definition) is 2. The van der Waals surface area contributed by atoms with Crippen molar-refractivity contribution >= 4 is 23.5 Å². The molecule has 1 aliphatic rings. The number of piperidine rings is 1. The molecule has 1 amide bonds. The third-order valence-corrected chi connectivity index (χ3v) is 5.24. The van der Waals surface area contributed by atoms with E-state index in [0.29, 0.717) is 31.5 Å². The molecule has 2 rings (SSSR count). The highest BCUT2D eigenvalue weighted by Crippen LogP contribution is 2.35. The van der Waals surface area contributed by atoms with E-state index in [1.54, 1.807) is 11.8 Å². The van der Waals surface area contributed by atoms with Gasteiger partial charge in [-0.15, -0.1) is 0 Å². The molecule has 20 heavy (non-hydrogen) atoms. The second kappa shape index (κ2) is 6.17. The minimum Gasteiger partial charge on any atom is -0.409 e. The summed E-state index contributed by atoms with van der Waals surface area (Å²) in [6.45, 7) is 1.23. The highest BCUT2D eigenvalue weighted by atomic mass is 32.2. The van der Waals surface area contributed by atoms with Gasteiger partial charge in [-0.2, -0.15) is 11.8 Å². The van der Waals surface area contributed by atoms with Crippen LogP contribution in [0.2, 0.25) is 0 Å². The zero-order chi connectivity index (χ0) is 14.6. The molecule has 0 aromatic heterocycles. The zero-order valence-electron chi connectivity index (χ0n) is 11.5. The van der Waals surface area contributed by atoms with Gasteiger partial charge < -0.3 is 15.8 Å². The van der Waals surface area contributed by atoms with E-state index < -0.39 is 0 Å². The monoisotopic (exact) mass is 293 g/mol. The Balaban J connectivity index is 2.06. The quantitative estimate of drug-likeness (QED) is 0.385. The SMILES string of the molecule is CSC1(C(N)=NO)CCN(C(=O)c2ccccc2)CC1. The topological polar surface area (TPSA) is 78.9 Å². The summed E-state index contributed by atoms with van der Waals surface area (Å²) in [6, 6.07) is 9.26. The molecule has 108 valence electrons. The summed E-state index contributed by atoms with van der Waals surface area (Å²) in [6.07, 6.45) is 3.35. The standard InChI is InChI=1S/C14H19N3O2S/c1-20-14(13(15)16-19)7-9-17(10-8-14)12(18)11-5-3-2-4-6-11/h2-6,19H,7-10H2,1H3,(H2,15,16). The van der Waals surface area contributed by atoms with Gasteiger partial charge in [-0.05, 0) is 31.2 Å². The number of nitrogens with zero attached hydrogens (tertiary/aromatic N) is 2. The number of amidine groups is 1. The molecule has 1 aromatic carbocycles. The van der Waals surface area contributed by atoms with Crippen molar-refractivity contribution in [2.24, 2.45) is 10.9 Å². The lowest BCUT2D eigenvalue weighted by molar-refractivity contribution is 0.0718. The molecule has 3 N–H and O–H groups in total. The summed E-state index contributed by atoms with van der Waals surface area (Å²) in [5.74, 6) is 0.289. The lowest BCUT2D eigenvalue weighted by Crippen LogP contribution is -2.51. The smallest absolute Gasteiger partial charge is 0.253 e. The first-order valence-corrected chi connectivity index (χ1v) is 7.73. The van der Waals surface area contributed by atoms with Gasteiger partial charge in [0.25, 0.3) is 5.91 Å². The molecule has 5 nitrogen and oxygen atoms in total. The number of hydrogen-bond acceptors (Lipinski definition) is 4. The number of likely N-dealkylation sites (tertiary alicyclic amines) is 1. The molecule has 0 atom stereocenters. The van der Waals surface area contributed by atoms with Crippen molar-refractivity contribution in [2.45, 2.75) is 17.6 Å². The van der Waals surface area contributed by atoms with E-state index in [2.05, 4.69) is 5.16 Å². The molecule has 1 heterocycles. The summed E-state index contributed by atoms with van der Waals surface area (Å²) >= 11 is 1.58. The van der Waals surface area contributed by atoms with Crippen molar-refractivity contribution in [3.8, 4) is 0 Å². The normalized spacial score (nSPS) is 18.9. The first-order valence-electron chi connectivity index (χ1n) is 6.50. The van der Waals surface area contributed by atoms with Crippen molar-refractivity contribution < 1.29 is 10.0 Å². The van der Waals surface area contributed by atoms with Crippen LogP contribution in [0.1, 0.15) is 23.2 Å². The summed E-state index contributed by atoms with van der Waals surface area (Å²) in [5, 5.41) is 12.1. The first-order chi connectivity index (χ1) is 9.63. The van der Waals surface area contributed by atoms with Crippen LogP contribution in [-0.4, -0.2) is 45.9 Å². The number of rotatable bonds is 3. The number of oxime groups is 1. The molecule has 0 radical (unpaired) electrons. The highest BCUT2D eigenvalue weighted by molar-refractivity contribution is 8.00. The van der Waals surface area contributed by atoms with E-state index in [-0.39, 0.29) is 16.5 Å². The van der Waals surface area contributed by atoms with Crippen LogP contribution in [0.3, 0.4) is 0 Å². The summed E-state index contributed by atoms with van der Waals surface area (Å²) in [5.41, 5.74) is 6.50.